The maximum Gasteiger partial charge on any atom is 0.269 e. The molecule has 162 valence electrons. The van der Waals surface area contributed by atoms with E-state index in [-0.39, 0.29) is 22.4 Å². The Morgan fingerprint density at radius 1 is 1.19 bits per heavy atom. The Morgan fingerprint density at radius 2 is 1.97 bits per heavy atom. The molecule has 0 saturated carbocycles. The Hall–Kier alpha value is -3.07. The first-order chi connectivity index (χ1) is 15.0. The first kappa shape index (κ1) is 21.2. The molecule has 1 fully saturated rings. The van der Waals surface area contributed by atoms with Gasteiger partial charge in [-0.3, -0.25) is 14.3 Å². The molecule has 1 saturated heterocycles. The van der Waals surface area contributed by atoms with Crippen LogP contribution in [0.1, 0.15) is 16.1 Å². The number of nitrogens with zero attached hydrogens (tertiary/aromatic N) is 3. The summed E-state index contributed by atoms with van der Waals surface area (Å²) in [6.45, 7) is 3.92. The zero-order valence-electron chi connectivity index (χ0n) is 17.0. The number of aromatic nitrogens is 2. The van der Waals surface area contributed by atoms with Gasteiger partial charge in [0.05, 0.1) is 30.0 Å². The number of benzene rings is 2. The van der Waals surface area contributed by atoms with Crippen molar-refractivity contribution >= 4 is 17.5 Å². The van der Waals surface area contributed by atoms with Gasteiger partial charge in [-0.2, -0.15) is 0 Å². The molecule has 0 bridgehead atoms. The minimum Gasteiger partial charge on any atom is -0.507 e. The van der Waals surface area contributed by atoms with Gasteiger partial charge in [-0.1, -0.05) is 23.7 Å². The van der Waals surface area contributed by atoms with E-state index < -0.39 is 0 Å². The highest BCUT2D eigenvalue weighted by molar-refractivity contribution is 6.32. The quantitative estimate of drug-likeness (QED) is 0.562. The van der Waals surface area contributed by atoms with Crippen LogP contribution in [0.5, 0.6) is 11.5 Å². The number of nitrogens with one attached hydrogen (secondary N) is 1. The van der Waals surface area contributed by atoms with E-state index in [4.69, 9.17) is 16.3 Å². The van der Waals surface area contributed by atoms with Gasteiger partial charge >= 0.3 is 0 Å². The number of morpholine rings is 1. The minimum atomic E-state index is -0.318. The van der Waals surface area contributed by atoms with E-state index in [0.29, 0.717) is 30.3 Å². The van der Waals surface area contributed by atoms with E-state index >= 15 is 0 Å². The van der Waals surface area contributed by atoms with Gasteiger partial charge in [0, 0.05) is 38.4 Å². The lowest BCUT2D eigenvalue weighted by atomic mass is 10.1. The van der Waals surface area contributed by atoms with Crippen LogP contribution in [0.3, 0.4) is 0 Å². The average molecular weight is 443 g/mol. The molecule has 4 rings (SSSR count). The number of rotatable bonds is 5. The summed E-state index contributed by atoms with van der Waals surface area (Å²) in [6.07, 6.45) is 1.45. The summed E-state index contributed by atoms with van der Waals surface area (Å²) in [4.78, 5) is 19.2. The van der Waals surface area contributed by atoms with Crippen LogP contribution in [0.25, 0.3) is 17.1 Å². The van der Waals surface area contributed by atoms with Gasteiger partial charge in [0.2, 0.25) is 0 Å². The second-order valence-corrected chi connectivity index (χ2v) is 7.67. The molecule has 1 aromatic heterocycles. The number of phenolic OH excluding ortho intramolecular Hbond substituents is 2. The topological polar surface area (TPSA) is 99.8 Å². The summed E-state index contributed by atoms with van der Waals surface area (Å²) in [5, 5.41) is 22.9. The molecular weight excluding hydrogens is 420 g/mol. The molecular formula is C22H23ClN4O4. The third-order valence-electron chi connectivity index (χ3n) is 5.21. The fourth-order valence-corrected chi connectivity index (χ4v) is 3.80. The van der Waals surface area contributed by atoms with Crippen molar-refractivity contribution in [1.82, 2.24) is 19.8 Å². The van der Waals surface area contributed by atoms with Crippen molar-refractivity contribution in [2.24, 2.45) is 0 Å². The number of carbonyl (C=O) groups is 1. The lowest BCUT2D eigenvalue weighted by Gasteiger charge is -2.26. The Labute approximate surface area is 184 Å². The maximum absolute atomic E-state index is 12.5. The standard InChI is InChI=1S/C22H23ClN4O4/c1-24-22(30)18-12-25-21(16-10-17(23)20(29)11-19(16)28)27(18)15-4-2-3-14(9-15)13-26-5-7-31-8-6-26/h2-4,9-12,28-29H,5-8,13H2,1H3,(H,24,30). The number of amides is 1. The summed E-state index contributed by atoms with van der Waals surface area (Å²) in [6, 6.07) is 10.4. The van der Waals surface area contributed by atoms with Gasteiger partial charge in [-0.05, 0) is 23.8 Å². The van der Waals surface area contributed by atoms with Crippen molar-refractivity contribution in [2.75, 3.05) is 33.4 Å². The first-order valence-corrected chi connectivity index (χ1v) is 10.3. The molecule has 0 spiro atoms. The van der Waals surface area contributed by atoms with Crippen LogP contribution in [-0.4, -0.2) is 63.9 Å². The van der Waals surface area contributed by atoms with Crippen LogP contribution < -0.4 is 5.32 Å². The van der Waals surface area contributed by atoms with E-state index in [1.54, 1.807) is 11.6 Å². The number of aromatic hydroxyl groups is 2. The summed E-state index contributed by atoms with van der Waals surface area (Å²) >= 11 is 6.07. The molecule has 2 heterocycles. The van der Waals surface area contributed by atoms with E-state index in [9.17, 15) is 15.0 Å². The second kappa shape index (κ2) is 8.97. The van der Waals surface area contributed by atoms with Crippen LogP contribution in [0.2, 0.25) is 5.02 Å². The number of hydrogen-bond acceptors (Lipinski definition) is 6. The molecule has 9 heteroatoms. The molecule has 1 amide bonds. The number of halogens is 1. The van der Waals surface area contributed by atoms with Crippen LogP contribution in [0.4, 0.5) is 0 Å². The number of phenols is 2. The van der Waals surface area contributed by atoms with Crippen molar-refractivity contribution in [3.63, 3.8) is 0 Å². The predicted octanol–water partition coefficient (Wildman–Crippen LogP) is 2.80. The third kappa shape index (κ3) is 4.36. The zero-order valence-corrected chi connectivity index (χ0v) is 17.8. The van der Waals surface area contributed by atoms with Crippen molar-refractivity contribution in [3.05, 3.63) is 58.9 Å². The largest absolute Gasteiger partial charge is 0.507 e. The number of imidazole rings is 1. The SMILES string of the molecule is CNC(=O)c1cnc(-c2cc(Cl)c(O)cc2O)n1-c1cccc(CN2CCOCC2)c1. The Bertz CT molecular complexity index is 1110. The van der Waals surface area contributed by atoms with Crippen LogP contribution in [0, 0.1) is 0 Å². The van der Waals surface area contributed by atoms with Gasteiger partial charge in [0.25, 0.3) is 5.91 Å². The highest BCUT2D eigenvalue weighted by atomic mass is 35.5. The molecule has 3 N–H and O–H groups in total. The lowest BCUT2D eigenvalue weighted by Crippen LogP contribution is -2.35. The molecule has 0 radical (unpaired) electrons. The maximum atomic E-state index is 12.5. The molecule has 1 aliphatic heterocycles. The number of carbonyl (C=O) groups excluding carboxylic acids is 1. The zero-order chi connectivity index (χ0) is 22.0. The van der Waals surface area contributed by atoms with Crippen molar-refractivity contribution < 1.29 is 19.7 Å². The van der Waals surface area contributed by atoms with E-state index in [0.717, 1.165) is 37.0 Å². The number of ether oxygens (including phenoxy) is 1. The Kier molecular flexibility index (Phi) is 6.13. The average Bonchev–Trinajstić information content (AvgIpc) is 3.21. The molecule has 31 heavy (non-hydrogen) atoms. The summed E-state index contributed by atoms with van der Waals surface area (Å²) < 4.78 is 7.09. The Balaban J connectivity index is 1.80. The van der Waals surface area contributed by atoms with Gasteiger partial charge in [0.15, 0.2) is 0 Å². The van der Waals surface area contributed by atoms with Crippen molar-refractivity contribution in [1.29, 1.82) is 0 Å². The summed E-state index contributed by atoms with van der Waals surface area (Å²) in [5.74, 6) is -0.412. The van der Waals surface area contributed by atoms with Gasteiger partial charge in [-0.15, -0.1) is 0 Å². The highest BCUT2D eigenvalue weighted by Gasteiger charge is 2.22. The predicted molar refractivity (Wildman–Crippen MR) is 117 cm³/mol. The van der Waals surface area contributed by atoms with Gasteiger partial charge < -0.3 is 20.3 Å². The van der Waals surface area contributed by atoms with Gasteiger partial charge in [-0.25, -0.2) is 4.98 Å². The fraction of sp³-hybridized carbons (Fsp3) is 0.273. The molecule has 0 unspecified atom stereocenters. The van der Waals surface area contributed by atoms with Crippen LogP contribution >= 0.6 is 11.6 Å². The Morgan fingerprint density at radius 3 is 2.71 bits per heavy atom. The van der Waals surface area contributed by atoms with E-state index in [1.807, 2.05) is 24.3 Å². The third-order valence-corrected chi connectivity index (χ3v) is 5.51. The number of hydrogen-bond donors (Lipinski definition) is 3. The minimum absolute atomic E-state index is 0.0740. The summed E-state index contributed by atoms with van der Waals surface area (Å²) in [7, 11) is 1.54. The van der Waals surface area contributed by atoms with Crippen molar-refractivity contribution in [2.45, 2.75) is 6.54 Å². The highest BCUT2D eigenvalue weighted by Crippen LogP contribution is 2.38. The van der Waals surface area contributed by atoms with Crippen molar-refractivity contribution in [3.8, 4) is 28.6 Å². The fourth-order valence-electron chi connectivity index (χ4n) is 3.63. The molecule has 0 aliphatic carbocycles. The molecule has 8 nitrogen and oxygen atoms in total. The molecule has 1 aliphatic rings. The monoisotopic (exact) mass is 442 g/mol. The normalized spacial score (nSPS) is 14.5. The van der Waals surface area contributed by atoms with E-state index in [2.05, 4.69) is 15.2 Å². The molecule has 2 aromatic carbocycles. The molecule has 0 atom stereocenters. The van der Waals surface area contributed by atoms with Crippen LogP contribution in [-0.2, 0) is 11.3 Å². The first-order valence-electron chi connectivity index (χ1n) is 9.89. The summed E-state index contributed by atoms with van der Waals surface area (Å²) in [5.41, 5.74) is 2.41. The second-order valence-electron chi connectivity index (χ2n) is 7.26. The van der Waals surface area contributed by atoms with Gasteiger partial charge in [0.1, 0.15) is 23.0 Å². The molecule has 3 aromatic rings. The van der Waals surface area contributed by atoms with Crippen LogP contribution in [0.15, 0.2) is 42.6 Å². The van der Waals surface area contributed by atoms with E-state index in [1.165, 1.54) is 12.3 Å². The smallest absolute Gasteiger partial charge is 0.269 e. The lowest BCUT2D eigenvalue weighted by molar-refractivity contribution is 0.0342.